The molecule has 17 heavy (non-hydrogen) atoms. The van der Waals surface area contributed by atoms with Gasteiger partial charge in [0, 0.05) is 12.3 Å². The minimum Gasteiger partial charge on any atom is -0.497 e. The first kappa shape index (κ1) is 14.0. The number of methoxy groups -OCH3 is 1. The number of alkyl halides is 1. The highest BCUT2D eigenvalue weighted by Gasteiger charge is 2.23. The van der Waals surface area contributed by atoms with Crippen molar-refractivity contribution in [2.24, 2.45) is 17.6 Å². The highest BCUT2D eigenvalue weighted by molar-refractivity contribution is 5.28. The number of hydrogen-bond acceptors (Lipinski definition) is 2. The van der Waals surface area contributed by atoms with Crippen molar-refractivity contribution in [3.63, 3.8) is 0 Å². The van der Waals surface area contributed by atoms with Gasteiger partial charge in [-0.25, -0.2) is 4.39 Å². The molecule has 0 radical (unpaired) electrons. The third kappa shape index (κ3) is 4.00. The van der Waals surface area contributed by atoms with Crippen LogP contribution in [0.15, 0.2) is 24.3 Å². The van der Waals surface area contributed by atoms with Crippen LogP contribution < -0.4 is 10.5 Å². The smallest absolute Gasteiger partial charge is 0.119 e. The third-order valence-electron chi connectivity index (χ3n) is 3.16. The molecule has 3 heteroatoms. The molecule has 96 valence electrons. The molecule has 2 N–H and O–H groups in total. The SMILES string of the molecule is COc1cccc(CC(F)C(CN)C(C)C)c1. The highest BCUT2D eigenvalue weighted by Crippen LogP contribution is 2.22. The molecule has 0 aromatic heterocycles. The van der Waals surface area contributed by atoms with Gasteiger partial charge in [-0.2, -0.15) is 0 Å². The van der Waals surface area contributed by atoms with E-state index in [1.807, 2.05) is 38.1 Å². The van der Waals surface area contributed by atoms with Crippen molar-refractivity contribution in [3.8, 4) is 5.75 Å². The summed E-state index contributed by atoms with van der Waals surface area (Å²) >= 11 is 0. The minimum absolute atomic E-state index is 0.0822. The van der Waals surface area contributed by atoms with Crippen molar-refractivity contribution in [3.05, 3.63) is 29.8 Å². The van der Waals surface area contributed by atoms with Crippen LogP contribution in [0.4, 0.5) is 4.39 Å². The number of ether oxygens (including phenoxy) is 1. The summed E-state index contributed by atoms with van der Waals surface area (Å²) in [6.45, 7) is 4.41. The van der Waals surface area contributed by atoms with Gasteiger partial charge in [-0.05, 0) is 30.2 Å². The average molecular weight is 239 g/mol. The van der Waals surface area contributed by atoms with E-state index in [2.05, 4.69) is 0 Å². The summed E-state index contributed by atoms with van der Waals surface area (Å²) in [6, 6.07) is 7.54. The van der Waals surface area contributed by atoms with Crippen LogP contribution in [0.3, 0.4) is 0 Å². The molecular weight excluding hydrogens is 217 g/mol. The zero-order valence-electron chi connectivity index (χ0n) is 10.8. The largest absolute Gasteiger partial charge is 0.497 e. The van der Waals surface area contributed by atoms with E-state index in [0.29, 0.717) is 13.0 Å². The Labute approximate surface area is 103 Å². The topological polar surface area (TPSA) is 35.2 Å². The minimum atomic E-state index is -0.896. The molecular formula is C14H22FNO. The lowest BCUT2D eigenvalue weighted by molar-refractivity contribution is 0.185. The van der Waals surface area contributed by atoms with Gasteiger partial charge in [-0.15, -0.1) is 0 Å². The predicted molar refractivity (Wildman–Crippen MR) is 69.0 cm³/mol. The summed E-state index contributed by atoms with van der Waals surface area (Å²) in [6.07, 6.45) is -0.496. The second kappa shape index (κ2) is 6.60. The van der Waals surface area contributed by atoms with Gasteiger partial charge in [0.05, 0.1) is 7.11 Å². The first-order chi connectivity index (χ1) is 8.08. The van der Waals surface area contributed by atoms with Crippen LogP contribution in [0.25, 0.3) is 0 Å². The van der Waals surface area contributed by atoms with Gasteiger partial charge in [-0.3, -0.25) is 0 Å². The second-order valence-corrected chi connectivity index (χ2v) is 4.72. The van der Waals surface area contributed by atoms with Crippen molar-refractivity contribution >= 4 is 0 Å². The van der Waals surface area contributed by atoms with Crippen molar-refractivity contribution in [2.45, 2.75) is 26.4 Å². The Hall–Kier alpha value is -1.09. The molecule has 1 aromatic rings. The fraction of sp³-hybridized carbons (Fsp3) is 0.571. The Balaban J connectivity index is 2.69. The molecule has 0 amide bonds. The Morgan fingerprint density at radius 1 is 1.35 bits per heavy atom. The summed E-state index contributed by atoms with van der Waals surface area (Å²) in [4.78, 5) is 0. The molecule has 0 saturated heterocycles. The lowest BCUT2D eigenvalue weighted by Crippen LogP contribution is -2.30. The standard InChI is InChI=1S/C14H22FNO/c1-10(2)13(9-16)14(15)8-11-5-4-6-12(7-11)17-3/h4-7,10,13-14H,8-9,16H2,1-3H3. The normalized spacial score (nSPS) is 14.7. The Morgan fingerprint density at radius 3 is 2.59 bits per heavy atom. The molecule has 0 bridgehead atoms. The van der Waals surface area contributed by atoms with Crippen LogP contribution in [0.2, 0.25) is 0 Å². The first-order valence-corrected chi connectivity index (χ1v) is 6.05. The number of halogens is 1. The Morgan fingerprint density at radius 2 is 2.06 bits per heavy atom. The van der Waals surface area contributed by atoms with Crippen LogP contribution in [-0.4, -0.2) is 19.8 Å². The number of nitrogens with two attached hydrogens (primary N) is 1. The summed E-state index contributed by atoms with van der Waals surface area (Å²) in [5.74, 6) is 0.949. The average Bonchev–Trinajstić information content (AvgIpc) is 2.29. The lowest BCUT2D eigenvalue weighted by Gasteiger charge is -2.23. The van der Waals surface area contributed by atoms with Crippen LogP contribution in [0, 0.1) is 11.8 Å². The van der Waals surface area contributed by atoms with Gasteiger partial charge in [0.2, 0.25) is 0 Å². The number of benzene rings is 1. The molecule has 0 heterocycles. The molecule has 1 aromatic carbocycles. The van der Waals surface area contributed by atoms with Gasteiger partial charge in [0.1, 0.15) is 11.9 Å². The maximum atomic E-state index is 14.1. The fourth-order valence-electron chi connectivity index (χ4n) is 2.01. The quantitative estimate of drug-likeness (QED) is 0.828. The third-order valence-corrected chi connectivity index (χ3v) is 3.16. The van der Waals surface area contributed by atoms with E-state index in [0.717, 1.165) is 11.3 Å². The van der Waals surface area contributed by atoms with Gasteiger partial charge in [0.25, 0.3) is 0 Å². The van der Waals surface area contributed by atoms with E-state index in [4.69, 9.17) is 10.5 Å². The number of rotatable bonds is 6. The van der Waals surface area contributed by atoms with E-state index in [9.17, 15) is 4.39 Å². The first-order valence-electron chi connectivity index (χ1n) is 6.05. The molecule has 0 saturated carbocycles. The van der Waals surface area contributed by atoms with E-state index in [1.54, 1.807) is 7.11 Å². The summed E-state index contributed by atoms with van der Waals surface area (Å²) < 4.78 is 19.2. The van der Waals surface area contributed by atoms with E-state index >= 15 is 0 Å². The van der Waals surface area contributed by atoms with Crippen LogP contribution in [0.5, 0.6) is 5.75 Å². The maximum Gasteiger partial charge on any atom is 0.119 e. The Kier molecular flexibility index (Phi) is 5.42. The molecule has 2 nitrogen and oxygen atoms in total. The summed E-state index contributed by atoms with van der Waals surface area (Å²) in [5.41, 5.74) is 6.57. The monoisotopic (exact) mass is 239 g/mol. The van der Waals surface area contributed by atoms with E-state index in [-0.39, 0.29) is 11.8 Å². The van der Waals surface area contributed by atoms with E-state index < -0.39 is 6.17 Å². The van der Waals surface area contributed by atoms with Crippen molar-refractivity contribution in [1.29, 1.82) is 0 Å². The van der Waals surface area contributed by atoms with Gasteiger partial charge in [-0.1, -0.05) is 26.0 Å². The van der Waals surface area contributed by atoms with Gasteiger partial charge >= 0.3 is 0 Å². The molecule has 1 rings (SSSR count). The number of hydrogen-bond donors (Lipinski definition) is 1. The fourth-order valence-corrected chi connectivity index (χ4v) is 2.01. The molecule has 2 atom stereocenters. The van der Waals surface area contributed by atoms with Crippen molar-refractivity contribution < 1.29 is 9.13 Å². The van der Waals surface area contributed by atoms with Crippen molar-refractivity contribution in [2.75, 3.05) is 13.7 Å². The Bertz CT molecular complexity index is 341. The van der Waals surface area contributed by atoms with E-state index in [1.165, 1.54) is 0 Å². The maximum absolute atomic E-state index is 14.1. The highest BCUT2D eigenvalue weighted by atomic mass is 19.1. The van der Waals surface area contributed by atoms with Crippen LogP contribution >= 0.6 is 0 Å². The van der Waals surface area contributed by atoms with Crippen LogP contribution in [-0.2, 0) is 6.42 Å². The molecule has 0 aliphatic carbocycles. The zero-order chi connectivity index (χ0) is 12.8. The van der Waals surface area contributed by atoms with Crippen molar-refractivity contribution in [1.82, 2.24) is 0 Å². The second-order valence-electron chi connectivity index (χ2n) is 4.72. The van der Waals surface area contributed by atoms with Crippen LogP contribution in [0.1, 0.15) is 19.4 Å². The lowest BCUT2D eigenvalue weighted by atomic mass is 9.88. The molecule has 2 unspecified atom stereocenters. The summed E-state index contributed by atoms with van der Waals surface area (Å²) in [5, 5.41) is 0. The van der Waals surface area contributed by atoms with Gasteiger partial charge < -0.3 is 10.5 Å². The molecule has 0 aliphatic rings. The zero-order valence-corrected chi connectivity index (χ0v) is 10.8. The molecule has 0 spiro atoms. The summed E-state index contributed by atoms with van der Waals surface area (Å²) in [7, 11) is 1.61. The predicted octanol–water partition coefficient (Wildman–Crippen LogP) is 2.81. The molecule has 0 fully saturated rings. The van der Waals surface area contributed by atoms with Gasteiger partial charge in [0.15, 0.2) is 0 Å². The molecule has 0 aliphatic heterocycles.